The van der Waals surface area contributed by atoms with E-state index in [1.807, 2.05) is 42.6 Å². The predicted molar refractivity (Wildman–Crippen MR) is 93.8 cm³/mol. The third-order valence-electron chi connectivity index (χ3n) is 3.75. The van der Waals surface area contributed by atoms with Gasteiger partial charge in [0, 0.05) is 27.6 Å². The molecule has 23 heavy (non-hydrogen) atoms. The lowest BCUT2D eigenvalue weighted by molar-refractivity contribution is 0.412. The standard InChI is InChI=1S/C18H14BrN3O/c1-23-18-10-16(22-17(18)9-13-3-2-6-20-13)15-8-11-7-12(19)4-5-14(11)21-15/h2-10,20,22H,1H3/b16-15?,17-9-. The van der Waals surface area contributed by atoms with Crippen LogP contribution in [0.5, 0.6) is 5.75 Å². The summed E-state index contributed by atoms with van der Waals surface area (Å²) in [5.74, 6) is 0.794. The van der Waals surface area contributed by atoms with Gasteiger partial charge in [0.25, 0.3) is 0 Å². The van der Waals surface area contributed by atoms with E-state index in [1.54, 1.807) is 7.11 Å². The smallest absolute Gasteiger partial charge is 0.144 e. The summed E-state index contributed by atoms with van der Waals surface area (Å²) in [6.45, 7) is 0. The number of halogens is 1. The van der Waals surface area contributed by atoms with Gasteiger partial charge in [-0.2, -0.15) is 0 Å². The molecule has 0 aliphatic carbocycles. The molecular formula is C18H14BrN3O. The molecule has 0 unspecified atom stereocenters. The minimum atomic E-state index is 0.794. The number of aromatic nitrogens is 2. The molecule has 0 bridgehead atoms. The van der Waals surface area contributed by atoms with Gasteiger partial charge in [0.2, 0.25) is 0 Å². The number of nitrogens with one attached hydrogen (secondary N) is 2. The first-order valence-electron chi connectivity index (χ1n) is 7.21. The van der Waals surface area contributed by atoms with Crippen LogP contribution in [0, 0.1) is 0 Å². The molecule has 3 heterocycles. The Morgan fingerprint density at radius 3 is 2.91 bits per heavy atom. The van der Waals surface area contributed by atoms with Crippen LogP contribution in [0.4, 0.5) is 0 Å². The summed E-state index contributed by atoms with van der Waals surface area (Å²) in [4.78, 5) is 11.2. The summed E-state index contributed by atoms with van der Waals surface area (Å²) in [6.07, 6.45) is 5.98. The molecule has 0 amide bonds. The summed E-state index contributed by atoms with van der Waals surface area (Å²) >= 11 is 3.49. The van der Waals surface area contributed by atoms with Crippen LogP contribution in [0.2, 0.25) is 0 Å². The zero-order valence-corrected chi connectivity index (χ0v) is 14.0. The maximum atomic E-state index is 5.48. The van der Waals surface area contributed by atoms with E-state index in [-0.39, 0.29) is 0 Å². The first-order chi connectivity index (χ1) is 11.2. The van der Waals surface area contributed by atoms with Gasteiger partial charge in [0.05, 0.1) is 28.9 Å². The Balaban J connectivity index is 1.93. The molecule has 0 saturated carbocycles. The molecule has 0 saturated heterocycles. The van der Waals surface area contributed by atoms with Crippen LogP contribution in [-0.2, 0) is 0 Å². The van der Waals surface area contributed by atoms with Crippen LogP contribution < -0.4 is 26.0 Å². The van der Waals surface area contributed by atoms with E-state index in [9.17, 15) is 0 Å². The molecule has 0 spiro atoms. The molecule has 1 aliphatic heterocycles. The Morgan fingerprint density at radius 2 is 2.13 bits per heavy atom. The van der Waals surface area contributed by atoms with E-state index in [2.05, 4.69) is 43.0 Å². The van der Waals surface area contributed by atoms with E-state index < -0.39 is 0 Å². The summed E-state index contributed by atoms with van der Waals surface area (Å²) in [7, 11) is 1.67. The largest absolute Gasteiger partial charge is 0.494 e. The Bertz CT molecular complexity index is 1110. The molecule has 114 valence electrons. The normalized spacial score (nSPS) is 16.0. The Morgan fingerprint density at radius 1 is 1.22 bits per heavy atom. The van der Waals surface area contributed by atoms with Crippen molar-refractivity contribution in [2.45, 2.75) is 0 Å². The van der Waals surface area contributed by atoms with Gasteiger partial charge in [-0.25, -0.2) is 4.99 Å². The Hall–Kier alpha value is -2.53. The van der Waals surface area contributed by atoms with Gasteiger partial charge < -0.3 is 14.7 Å². The fourth-order valence-corrected chi connectivity index (χ4v) is 3.02. The van der Waals surface area contributed by atoms with Gasteiger partial charge in [0.15, 0.2) is 0 Å². The number of ether oxygens (including phenoxy) is 1. The highest BCUT2D eigenvalue weighted by atomic mass is 79.9. The SMILES string of the molecule is COc1cc(=C2C=c3cc(Br)ccc3=N2)[nH]/c1=C\c1ccc[nH]1. The predicted octanol–water partition coefficient (Wildman–Crippen LogP) is 1.16. The van der Waals surface area contributed by atoms with E-state index in [1.165, 1.54) is 0 Å². The zero-order chi connectivity index (χ0) is 15.8. The van der Waals surface area contributed by atoms with E-state index >= 15 is 0 Å². The molecule has 0 radical (unpaired) electrons. The number of hydrogen-bond acceptors (Lipinski definition) is 2. The van der Waals surface area contributed by atoms with Crippen molar-refractivity contribution in [2.24, 2.45) is 4.99 Å². The Kier molecular flexibility index (Phi) is 3.42. The van der Waals surface area contributed by atoms with Crippen molar-refractivity contribution in [1.29, 1.82) is 0 Å². The fraction of sp³-hybridized carbons (Fsp3) is 0.0556. The zero-order valence-electron chi connectivity index (χ0n) is 12.4. The molecule has 2 aromatic heterocycles. The second-order valence-electron chi connectivity index (χ2n) is 5.28. The number of nitrogens with zero attached hydrogens (tertiary/aromatic N) is 1. The number of fused-ring (bicyclic) bond motifs is 1. The van der Waals surface area contributed by atoms with Crippen molar-refractivity contribution < 1.29 is 4.74 Å². The highest BCUT2D eigenvalue weighted by Crippen LogP contribution is 2.07. The molecule has 2 N–H and O–H groups in total. The quantitative estimate of drug-likeness (QED) is 0.701. The molecular weight excluding hydrogens is 354 g/mol. The topological polar surface area (TPSA) is 53.2 Å². The summed E-state index contributed by atoms with van der Waals surface area (Å²) in [5, 5.41) is 3.94. The van der Waals surface area contributed by atoms with Crippen LogP contribution in [0.25, 0.3) is 17.8 Å². The maximum Gasteiger partial charge on any atom is 0.144 e. The lowest BCUT2D eigenvalue weighted by Crippen LogP contribution is -2.20. The lowest BCUT2D eigenvalue weighted by Gasteiger charge is -1.92. The van der Waals surface area contributed by atoms with Gasteiger partial charge in [-0.1, -0.05) is 15.9 Å². The third kappa shape index (κ3) is 2.64. The van der Waals surface area contributed by atoms with Crippen molar-refractivity contribution in [3.8, 4) is 5.75 Å². The van der Waals surface area contributed by atoms with Crippen LogP contribution in [0.3, 0.4) is 0 Å². The molecule has 3 aromatic rings. The number of H-pyrrole nitrogens is 2. The van der Waals surface area contributed by atoms with Crippen LogP contribution in [0.15, 0.2) is 52.1 Å². The van der Waals surface area contributed by atoms with Gasteiger partial charge in [0.1, 0.15) is 5.75 Å². The first-order valence-corrected chi connectivity index (χ1v) is 8.01. The average molecular weight is 368 g/mol. The second kappa shape index (κ2) is 5.59. The van der Waals surface area contributed by atoms with Crippen LogP contribution >= 0.6 is 15.9 Å². The molecule has 1 aliphatic rings. The number of rotatable bonds is 2. The van der Waals surface area contributed by atoms with Gasteiger partial charge in [-0.3, -0.25) is 0 Å². The third-order valence-corrected chi connectivity index (χ3v) is 4.24. The number of benzene rings is 1. The number of hydrogen-bond donors (Lipinski definition) is 2. The first kappa shape index (κ1) is 14.1. The summed E-state index contributed by atoms with van der Waals surface area (Å²) in [5.41, 5.74) is 1.92. The van der Waals surface area contributed by atoms with Crippen molar-refractivity contribution in [2.75, 3.05) is 7.11 Å². The molecule has 5 heteroatoms. The van der Waals surface area contributed by atoms with Crippen molar-refractivity contribution in [1.82, 2.24) is 9.97 Å². The van der Waals surface area contributed by atoms with Gasteiger partial charge in [-0.05, 0) is 42.5 Å². The maximum absolute atomic E-state index is 5.48. The average Bonchev–Trinajstić information content (AvgIpc) is 3.25. The Labute approximate surface area is 140 Å². The van der Waals surface area contributed by atoms with Crippen LogP contribution in [0.1, 0.15) is 5.69 Å². The number of methoxy groups -OCH3 is 1. The summed E-state index contributed by atoms with van der Waals surface area (Å²) in [6, 6.07) is 12.0. The minimum Gasteiger partial charge on any atom is -0.494 e. The van der Waals surface area contributed by atoms with Crippen LogP contribution in [-0.4, -0.2) is 17.1 Å². The molecule has 0 atom stereocenters. The summed E-state index contributed by atoms with van der Waals surface area (Å²) < 4.78 is 6.53. The highest BCUT2D eigenvalue weighted by Gasteiger charge is 2.06. The molecule has 1 aromatic carbocycles. The number of aromatic amines is 2. The molecule has 4 nitrogen and oxygen atoms in total. The van der Waals surface area contributed by atoms with E-state index in [4.69, 9.17) is 4.74 Å². The van der Waals surface area contributed by atoms with Crippen molar-refractivity contribution >= 4 is 33.8 Å². The van der Waals surface area contributed by atoms with Gasteiger partial charge in [-0.15, -0.1) is 0 Å². The van der Waals surface area contributed by atoms with E-state index in [0.29, 0.717) is 0 Å². The lowest BCUT2D eigenvalue weighted by atomic mass is 10.3. The highest BCUT2D eigenvalue weighted by molar-refractivity contribution is 9.10. The van der Waals surface area contributed by atoms with Crippen molar-refractivity contribution in [3.63, 3.8) is 0 Å². The van der Waals surface area contributed by atoms with E-state index in [0.717, 1.165) is 42.9 Å². The molecule has 0 fully saturated rings. The monoisotopic (exact) mass is 367 g/mol. The van der Waals surface area contributed by atoms with Crippen molar-refractivity contribution in [3.05, 3.63) is 74.0 Å². The molecule has 4 rings (SSSR count). The fourth-order valence-electron chi connectivity index (χ4n) is 2.65. The second-order valence-corrected chi connectivity index (χ2v) is 6.20. The minimum absolute atomic E-state index is 0.794. The van der Waals surface area contributed by atoms with Gasteiger partial charge >= 0.3 is 0 Å².